The summed E-state index contributed by atoms with van der Waals surface area (Å²) in [5, 5.41) is 6.44. The molecule has 0 aliphatic carbocycles. The standard InChI is InChI=1S/C19H16F2N2O4/c1-11-13(10-26-16-8-7-12(20)9-14(16)21)18(23-27-11)19(24)22-15-5-3-4-6-17(15)25-2/h3-9H,10H2,1-2H3,(H,22,24). The Morgan fingerprint density at radius 1 is 1.19 bits per heavy atom. The minimum absolute atomic E-state index is 0.000857. The summed E-state index contributed by atoms with van der Waals surface area (Å²) >= 11 is 0. The highest BCUT2D eigenvalue weighted by atomic mass is 19.1. The predicted octanol–water partition coefficient (Wildman–Crippen LogP) is 4.10. The van der Waals surface area contributed by atoms with Gasteiger partial charge in [-0.3, -0.25) is 4.79 Å². The Hall–Kier alpha value is -3.42. The summed E-state index contributed by atoms with van der Waals surface area (Å²) in [6.07, 6.45) is 0. The zero-order valence-corrected chi connectivity index (χ0v) is 14.6. The van der Waals surface area contributed by atoms with Crippen LogP contribution in [0.25, 0.3) is 0 Å². The number of hydrogen-bond donors (Lipinski definition) is 1. The Morgan fingerprint density at radius 2 is 1.96 bits per heavy atom. The van der Waals surface area contributed by atoms with Gasteiger partial charge >= 0.3 is 0 Å². The van der Waals surface area contributed by atoms with Gasteiger partial charge < -0.3 is 19.3 Å². The molecule has 0 atom stereocenters. The molecule has 0 aliphatic heterocycles. The third-order valence-electron chi connectivity index (χ3n) is 3.82. The van der Waals surface area contributed by atoms with Crippen molar-refractivity contribution in [3.63, 3.8) is 0 Å². The third-order valence-corrected chi connectivity index (χ3v) is 3.82. The van der Waals surface area contributed by atoms with E-state index < -0.39 is 17.5 Å². The fourth-order valence-corrected chi connectivity index (χ4v) is 2.41. The van der Waals surface area contributed by atoms with E-state index in [1.165, 1.54) is 13.2 Å². The predicted molar refractivity (Wildman–Crippen MR) is 92.9 cm³/mol. The van der Waals surface area contributed by atoms with Crippen molar-refractivity contribution in [1.82, 2.24) is 5.16 Å². The molecule has 0 aliphatic rings. The number of nitrogens with zero attached hydrogens (tertiary/aromatic N) is 1. The molecule has 0 radical (unpaired) electrons. The number of halogens is 2. The molecule has 0 bridgehead atoms. The lowest BCUT2D eigenvalue weighted by molar-refractivity contribution is 0.101. The highest BCUT2D eigenvalue weighted by Gasteiger charge is 2.22. The number of benzene rings is 2. The Kier molecular flexibility index (Phi) is 5.35. The minimum Gasteiger partial charge on any atom is -0.495 e. The Balaban J connectivity index is 1.78. The molecule has 27 heavy (non-hydrogen) atoms. The van der Waals surface area contributed by atoms with Crippen LogP contribution in [-0.2, 0) is 6.61 Å². The van der Waals surface area contributed by atoms with Gasteiger partial charge in [0.05, 0.1) is 18.4 Å². The molecule has 1 aromatic heterocycles. The second-order valence-electron chi connectivity index (χ2n) is 5.58. The van der Waals surface area contributed by atoms with Gasteiger partial charge in [-0.05, 0) is 31.2 Å². The van der Waals surface area contributed by atoms with Crippen LogP contribution in [0, 0.1) is 18.6 Å². The SMILES string of the molecule is COc1ccccc1NC(=O)c1noc(C)c1COc1ccc(F)cc1F. The van der Waals surface area contributed by atoms with Gasteiger partial charge in [-0.15, -0.1) is 0 Å². The van der Waals surface area contributed by atoms with Gasteiger partial charge in [-0.25, -0.2) is 8.78 Å². The van der Waals surface area contributed by atoms with Gasteiger partial charge in [-0.1, -0.05) is 17.3 Å². The van der Waals surface area contributed by atoms with E-state index in [9.17, 15) is 13.6 Å². The lowest BCUT2D eigenvalue weighted by atomic mass is 10.2. The van der Waals surface area contributed by atoms with E-state index in [1.54, 1.807) is 31.2 Å². The number of methoxy groups -OCH3 is 1. The summed E-state index contributed by atoms with van der Waals surface area (Å²) in [7, 11) is 1.49. The smallest absolute Gasteiger partial charge is 0.278 e. The van der Waals surface area contributed by atoms with Crippen molar-refractivity contribution in [2.75, 3.05) is 12.4 Å². The molecule has 1 amide bonds. The van der Waals surface area contributed by atoms with Crippen LogP contribution in [0.5, 0.6) is 11.5 Å². The molecule has 8 heteroatoms. The summed E-state index contributed by atoms with van der Waals surface area (Å²) < 4.78 is 42.3. The first kappa shape index (κ1) is 18.4. The molecule has 0 fully saturated rings. The van der Waals surface area contributed by atoms with E-state index in [0.29, 0.717) is 28.8 Å². The minimum atomic E-state index is -0.843. The molecule has 1 heterocycles. The number of carbonyl (C=O) groups excluding carboxylic acids is 1. The molecule has 0 unspecified atom stereocenters. The maximum atomic E-state index is 13.7. The lowest BCUT2D eigenvalue weighted by Gasteiger charge is -2.10. The van der Waals surface area contributed by atoms with Crippen LogP contribution in [0.3, 0.4) is 0 Å². The van der Waals surface area contributed by atoms with Crippen molar-refractivity contribution in [3.05, 3.63) is 71.1 Å². The second-order valence-corrected chi connectivity index (χ2v) is 5.58. The topological polar surface area (TPSA) is 73.6 Å². The molecule has 2 aromatic carbocycles. The highest BCUT2D eigenvalue weighted by molar-refractivity contribution is 6.04. The molecule has 140 valence electrons. The summed E-state index contributed by atoms with van der Waals surface area (Å²) in [5.74, 6) is -1.40. The molecule has 0 saturated carbocycles. The molecule has 3 aromatic rings. The quantitative estimate of drug-likeness (QED) is 0.703. The Labute approximate surface area is 153 Å². The van der Waals surface area contributed by atoms with Crippen molar-refractivity contribution in [1.29, 1.82) is 0 Å². The number of aromatic nitrogens is 1. The molecular formula is C19H16F2N2O4. The fourth-order valence-electron chi connectivity index (χ4n) is 2.41. The Bertz CT molecular complexity index is 972. The zero-order valence-electron chi connectivity index (χ0n) is 14.6. The van der Waals surface area contributed by atoms with Crippen molar-refractivity contribution in [2.24, 2.45) is 0 Å². The molecular weight excluding hydrogens is 358 g/mol. The van der Waals surface area contributed by atoms with E-state index in [2.05, 4.69) is 10.5 Å². The first-order valence-electron chi connectivity index (χ1n) is 7.97. The van der Waals surface area contributed by atoms with Gasteiger partial charge in [0.1, 0.15) is 23.9 Å². The van der Waals surface area contributed by atoms with Gasteiger partial charge in [0.2, 0.25) is 0 Å². The third kappa shape index (κ3) is 4.05. The number of ether oxygens (including phenoxy) is 2. The average Bonchev–Trinajstić information content (AvgIpc) is 3.02. The van der Waals surface area contributed by atoms with Gasteiger partial charge in [-0.2, -0.15) is 0 Å². The van der Waals surface area contributed by atoms with Crippen LogP contribution < -0.4 is 14.8 Å². The van der Waals surface area contributed by atoms with Gasteiger partial charge in [0.15, 0.2) is 17.3 Å². The highest BCUT2D eigenvalue weighted by Crippen LogP contribution is 2.25. The van der Waals surface area contributed by atoms with Crippen molar-refractivity contribution in [2.45, 2.75) is 13.5 Å². The zero-order chi connectivity index (χ0) is 19.4. The Morgan fingerprint density at radius 3 is 2.70 bits per heavy atom. The lowest BCUT2D eigenvalue weighted by Crippen LogP contribution is -2.16. The van der Waals surface area contributed by atoms with Gasteiger partial charge in [0.25, 0.3) is 5.91 Å². The maximum Gasteiger partial charge on any atom is 0.278 e. The van der Waals surface area contributed by atoms with E-state index in [4.69, 9.17) is 14.0 Å². The molecule has 3 rings (SSSR count). The van der Waals surface area contributed by atoms with Crippen LogP contribution in [0.2, 0.25) is 0 Å². The van der Waals surface area contributed by atoms with Crippen LogP contribution in [0.1, 0.15) is 21.8 Å². The number of anilines is 1. The number of aryl methyl sites for hydroxylation is 1. The van der Waals surface area contributed by atoms with Crippen LogP contribution in [-0.4, -0.2) is 18.2 Å². The number of para-hydroxylation sites is 2. The molecule has 1 N–H and O–H groups in total. The number of nitrogens with one attached hydrogen (secondary N) is 1. The van der Waals surface area contributed by atoms with Crippen molar-refractivity contribution < 1.29 is 27.6 Å². The molecule has 0 spiro atoms. The van der Waals surface area contributed by atoms with Crippen LogP contribution in [0.4, 0.5) is 14.5 Å². The number of rotatable bonds is 6. The number of hydrogen-bond acceptors (Lipinski definition) is 5. The summed E-state index contributed by atoms with van der Waals surface area (Å²) in [6.45, 7) is 1.43. The van der Waals surface area contributed by atoms with Crippen LogP contribution in [0.15, 0.2) is 47.0 Å². The largest absolute Gasteiger partial charge is 0.495 e. The van der Waals surface area contributed by atoms with E-state index in [-0.39, 0.29) is 18.1 Å². The number of amides is 1. The average molecular weight is 374 g/mol. The van der Waals surface area contributed by atoms with Crippen LogP contribution >= 0.6 is 0 Å². The maximum absolute atomic E-state index is 13.7. The normalized spacial score (nSPS) is 10.5. The van der Waals surface area contributed by atoms with Crippen molar-refractivity contribution >= 4 is 11.6 Å². The monoisotopic (exact) mass is 374 g/mol. The first-order chi connectivity index (χ1) is 13.0. The summed E-state index contributed by atoms with van der Waals surface area (Å²) in [4.78, 5) is 12.6. The first-order valence-corrected chi connectivity index (χ1v) is 7.97. The molecule has 0 saturated heterocycles. The summed E-state index contributed by atoms with van der Waals surface area (Å²) in [6, 6.07) is 9.85. The van der Waals surface area contributed by atoms with E-state index in [0.717, 1.165) is 6.07 Å². The number of carbonyl (C=O) groups is 1. The van der Waals surface area contributed by atoms with E-state index in [1.807, 2.05) is 0 Å². The molecule has 6 nitrogen and oxygen atoms in total. The second kappa shape index (κ2) is 7.86. The fraction of sp³-hybridized carbons (Fsp3) is 0.158. The summed E-state index contributed by atoms with van der Waals surface area (Å²) in [5.41, 5.74) is 0.814. The van der Waals surface area contributed by atoms with Crippen molar-refractivity contribution in [3.8, 4) is 11.5 Å². The van der Waals surface area contributed by atoms with E-state index >= 15 is 0 Å². The van der Waals surface area contributed by atoms with Gasteiger partial charge in [0, 0.05) is 6.07 Å².